The van der Waals surface area contributed by atoms with E-state index in [1.54, 1.807) is 19.1 Å². The third-order valence-corrected chi connectivity index (χ3v) is 5.49. The average Bonchev–Trinajstić information content (AvgIpc) is 2.88. The Morgan fingerprint density at radius 2 is 1.94 bits per heavy atom. The molecule has 2 rings (SSSR count). The molecule has 1 spiro atoms. The number of ketones is 1. The van der Waals surface area contributed by atoms with Crippen molar-refractivity contribution in [3.05, 3.63) is 24.0 Å². The molecule has 0 aromatic rings. The van der Waals surface area contributed by atoms with E-state index in [2.05, 4.69) is 5.32 Å². The highest BCUT2D eigenvalue weighted by atomic mass is 16.5. The van der Waals surface area contributed by atoms with E-state index in [0.29, 0.717) is 0 Å². The molecule has 0 bridgehead atoms. The Labute approximate surface area is 184 Å². The van der Waals surface area contributed by atoms with Gasteiger partial charge >= 0.3 is 5.97 Å². The molecule has 2 amide bonds. The van der Waals surface area contributed by atoms with Gasteiger partial charge in [-0.1, -0.05) is 19.9 Å². The lowest BCUT2D eigenvalue weighted by atomic mass is 9.73. The molecule has 1 unspecified atom stereocenters. The Morgan fingerprint density at radius 3 is 2.45 bits per heavy atom. The summed E-state index contributed by atoms with van der Waals surface area (Å²) in [7, 11) is 1.39. The number of nitrogens with one attached hydrogen (secondary N) is 1. The third-order valence-electron chi connectivity index (χ3n) is 5.49. The summed E-state index contributed by atoms with van der Waals surface area (Å²) in [5.41, 5.74) is -1.41. The van der Waals surface area contributed by atoms with Gasteiger partial charge in [0.15, 0.2) is 5.76 Å². The summed E-state index contributed by atoms with van der Waals surface area (Å²) < 4.78 is 10.3. The van der Waals surface area contributed by atoms with Crippen molar-refractivity contribution in [1.29, 1.82) is 0 Å². The predicted molar refractivity (Wildman–Crippen MR) is 115 cm³/mol. The van der Waals surface area contributed by atoms with Crippen LogP contribution in [-0.2, 0) is 28.7 Å². The number of methoxy groups -OCH3 is 1. The van der Waals surface area contributed by atoms with Gasteiger partial charge in [0.2, 0.25) is 17.6 Å². The van der Waals surface area contributed by atoms with Crippen molar-refractivity contribution < 1.29 is 28.7 Å². The van der Waals surface area contributed by atoms with Crippen LogP contribution in [0.15, 0.2) is 24.0 Å². The van der Waals surface area contributed by atoms with Crippen LogP contribution in [0.1, 0.15) is 48.0 Å². The highest BCUT2D eigenvalue weighted by Gasteiger charge is 2.55. The van der Waals surface area contributed by atoms with Gasteiger partial charge in [0.1, 0.15) is 6.04 Å². The molecule has 0 saturated carbocycles. The Hall–Kier alpha value is -2.64. The summed E-state index contributed by atoms with van der Waals surface area (Å²) in [6.07, 6.45) is 4.48. The van der Waals surface area contributed by atoms with Crippen molar-refractivity contribution in [2.24, 2.45) is 17.3 Å². The number of amides is 2. The molecular formula is C23H34N2O6. The normalized spacial score (nSPS) is 24.5. The van der Waals surface area contributed by atoms with Crippen molar-refractivity contribution in [3.63, 3.8) is 0 Å². The van der Waals surface area contributed by atoms with E-state index in [9.17, 15) is 19.2 Å². The summed E-state index contributed by atoms with van der Waals surface area (Å²) in [5, 5.41) is 2.96. The quantitative estimate of drug-likeness (QED) is 0.615. The van der Waals surface area contributed by atoms with E-state index in [1.165, 1.54) is 18.1 Å². The van der Waals surface area contributed by atoms with Crippen LogP contribution in [0.5, 0.6) is 0 Å². The first-order valence-corrected chi connectivity index (χ1v) is 10.6. The Morgan fingerprint density at radius 1 is 1.29 bits per heavy atom. The van der Waals surface area contributed by atoms with Gasteiger partial charge in [-0.05, 0) is 45.8 Å². The van der Waals surface area contributed by atoms with E-state index >= 15 is 0 Å². The van der Waals surface area contributed by atoms with Crippen LogP contribution in [0.2, 0.25) is 0 Å². The number of nitrogens with zero attached hydrogens (tertiary/aromatic N) is 1. The van der Waals surface area contributed by atoms with Crippen LogP contribution in [0, 0.1) is 17.3 Å². The molecule has 1 aliphatic carbocycles. The molecule has 2 aliphatic rings. The Kier molecular flexibility index (Phi) is 7.34. The number of allylic oxidation sites excluding steroid dienone is 1. The van der Waals surface area contributed by atoms with Gasteiger partial charge in [-0.15, -0.1) is 0 Å². The average molecular weight is 435 g/mol. The van der Waals surface area contributed by atoms with Crippen LogP contribution in [0.4, 0.5) is 0 Å². The van der Waals surface area contributed by atoms with Gasteiger partial charge in [0, 0.05) is 17.5 Å². The van der Waals surface area contributed by atoms with Gasteiger partial charge in [-0.3, -0.25) is 19.2 Å². The fraction of sp³-hybridized carbons (Fsp3) is 0.652. The number of rotatable bonds is 7. The molecule has 1 aliphatic heterocycles. The van der Waals surface area contributed by atoms with Crippen molar-refractivity contribution in [1.82, 2.24) is 10.2 Å². The second-order valence-corrected chi connectivity index (χ2v) is 9.48. The van der Waals surface area contributed by atoms with Gasteiger partial charge in [0.25, 0.3) is 0 Å². The molecule has 1 fully saturated rings. The maximum atomic E-state index is 13.6. The lowest BCUT2D eigenvalue weighted by Gasteiger charge is -2.34. The molecule has 8 nitrogen and oxygen atoms in total. The number of likely N-dealkylation sites (tertiary alicyclic amines) is 1. The maximum Gasteiger partial charge on any atom is 0.306 e. The molecule has 172 valence electrons. The lowest BCUT2D eigenvalue weighted by Crippen LogP contribution is -2.55. The van der Waals surface area contributed by atoms with Crippen molar-refractivity contribution in [2.75, 3.05) is 20.3 Å². The summed E-state index contributed by atoms with van der Waals surface area (Å²) in [6, 6.07) is -0.721. The number of esters is 1. The fourth-order valence-electron chi connectivity index (χ4n) is 4.21. The fourth-order valence-corrected chi connectivity index (χ4v) is 4.21. The maximum absolute atomic E-state index is 13.6. The first-order valence-electron chi connectivity index (χ1n) is 10.6. The second kappa shape index (κ2) is 9.24. The Balaban J connectivity index is 2.49. The van der Waals surface area contributed by atoms with E-state index in [-0.39, 0.29) is 48.8 Å². The van der Waals surface area contributed by atoms with E-state index in [0.717, 1.165) is 0 Å². The van der Waals surface area contributed by atoms with Crippen LogP contribution in [0.3, 0.4) is 0 Å². The number of ether oxygens (including phenoxy) is 2. The SMILES string of the molecule is CCOC(=O)C[C@H]1C(=O)N(C(C(=O)NC(C)(C)C)C(C)C)C[C@]12C=CC(=O)C(OC)=C2. The number of carbonyl (C=O) groups is 4. The monoisotopic (exact) mass is 434 g/mol. The molecule has 0 radical (unpaired) electrons. The molecular weight excluding hydrogens is 400 g/mol. The lowest BCUT2D eigenvalue weighted by molar-refractivity contribution is -0.148. The summed E-state index contributed by atoms with van der Waals surface area (Å²) in [5.74, 6) is -2.23. The molecule has 8 heteroatoms. The zero-order valence-corrected chi connectivity index (χ0v) is 19.5. The van der Waals surface area contributed by atoms with Gasteiger partial charge in [-0.2, -0.15) is 0 Å². The summed E-state index contributed by atoms with van der Waals surface area (Å²) in [4.78, 5) is 52.6. The molecule has 31 heavy (non-hydrogen) atoms. The van der Waals surface area contributed by atoms with Gasteiger partial charge in [-0.25, -0.2) is 0 Å². The molecule has 1 N–H and O–H groups in total. The highest BCUT2D eigenvalue weighted by molar-refractivity contribution is 6.04. The molecule has 1 heterocycles. The molecule has 0 aromatic heterocycles. The molecule has 0 aromatic carbocycles. The minimum Gasteiger partial charge on any atom is -0.493 e. The van der Waals surface area contributed by atoms with Gasteiger partial charge < -0.3 is 19.7 Å². The summed E-state index contributed by atoms with van der Waals surface area (Å²) in [6.45, 7) is 11.4. The zero-order chi connectivity index (χ0) is 23.6. The van der Waals surface area contributed by atoms with Crippen molar-refractivity contribution in [2.45, 2.75) is 59.5 Å². The Bertz CT molecular complexity index is 807. The van der Waals surface area contributed by atoms with Crippen molar-refractivity contribution in [3.8, 4) is 0 Å². The van der Waals surface area contributed by atoms with E-state index < -0.39 is 28.9 Å². The summed E-state index contributed by atoms with van der Waals surface area (Å²) >= 11 is 0. The standard InChI is InChI=1S/C23H34N2O6/c1-8-31-18(27)11-15-21(29)25(19(14(2)3)20(28)24-22(4,5)6)13-23(15)10-9-16(26)17(12-23)30-7/h9-10,12,14-15,19H,8,11,13H2,1-7H3,(H,24,28)/t15-,19?,23+/m0/s1. The minimum absolute atomic E-state index is 0.117. The number of hydrogen-bond acceptors (Lipinski definition) is 6. The van der Waals surface area contributed by atoms with Crippen LogP contribution < -0.4 is 5.32 Å². The number of hydrogen-bond donors (Lipinski definition) is 1. The molecule has 3 atom stereocenters. The highest BCUT2D eigenvalue weighted by Crippen LogP contribution is 2.46. The molecule has 1 saturated heterocycles. The first kappa shape index (κ1) is 24.6. The number of carbonyl (C=O) groups excluding carboxylic acids is 4. The first-order chi connectivity index (χ1) is 14.3. The third kappa shape index (κ3) is 5.35. The van der Waals surface area contributed by atoms with Gasteiger partial charge in [0.05, 0.1) is 26.1 Å². The van der Waals surface area contributed by atoms with Crippen LogP contribution in [0.25, 0.3) is 0 Å². The van der Waals surface area contributed by atoms with E-state index in [4.69, 9.17) is 9.47 Å². The second-order valence-electron chi connectivity index (χ2n) is 9.48. The largest absolute Gasteiger partial charge is 0.493 e. The smallest absolute Gasteiger partial charge is 0.306 e. The van der Waals surface area contributed by atoms with Crippen molar-refractivity contribution >= 4 is 23.6 Å². The topological polar surface area (TPSA) is 102 Å². The van der Waals surface area contributed by atoms with Crippen LogP contribution in [-0.4, -0.2) is 60.3 Å². The van der Waals surface area contributed by atoms with Crippen LogP contribution >= 0.6 is 0 Å². The predicted octanol–water partition coefficient (Wildman–Crippen LogP) is 1.99. The van der Waals surface area contributed by atoms with E-state index in [1.807, 2.05) is 34.6 Å². The zero-order valence-electron chi connectivity index (χ0n) is 19.5. The minimum atomic E-state index is -0.946.